The van der Waals surface area contributed by atoms with Gasteiger partial charge in [-0.3, -0.25) is 43.1 Å². The van der Waals surface area contributed by atoms with Gasteiger partial charge in [-0.25, -0.2) is 33.1 Å². The molecule has 0 unspecified atom stereocenters. The van der Waals surface area contributed by atoms with Gasteiger partial charge >= 0.3 is 6.09 Å². The molecule has 0 saturated carbocycles. The largest absolute Gasteiger partial charge is 0.726 e. The first kappa shape index (κ1) is 83.0. The average Bonchev–Trinajstić information content (AvgIpc) is 0.876. The summed E-state index contributed by atoms with van der Waals surface area (Å²) >= 11 is 1.24. The number of aliphatic hydroxyl groups excluding tert-OH is 8. The molecule has 19 atom stereocenters. The molecule has 3 aromatic heterocycles. The van der Waals surface area contributed by atoms with E-state index < -0.39 is 193 Å². The first-order valence-corrected chi connectivity index (χ1v) is 34.8. The summed E-state index contributed by atoms with van der Waals surface area (Å²) < 4.78 is 61.5. The number of hydrogen-bond donors (Lipinski definition) is 21. The predicted molar refractivity (Wildman–Crippen MR) is 346 cm³/mol. The highest BCUT2D eigenvalue weighted by molar-refractivity contribution is 7.95. The van der Waals surface area contributed by atoms with Crippen molar-refractivity contribution in [2.75, 3.05) is 56.8 Å². The van der Waals surface area contributed by atoms with Crippen LogP contribution in [-0.4, -0.2) is 285 Å². The van der Waals surface area contributed by atoms with Crippen LogP contribution in [0.5, 0.6) is 0 Å². The number of nitrogen functional groups attached to an aromatic ring is 1. The molecule has 0 radical (unpaired) electrons. The Hall–Kier alpha value is -7.65. The van der Waals surface area contributed by atoms with E-state index in [1.807, 2.05) is 0 Å². The lowest BCUT2D eigenvalue weighted by Gasteiger charge is -2.47. The fraction of sp³-hybridized carbons (Fsp3) is 0.618. The van der Waals surface area contributed by atoms with Crippen molar-refractivity contribution >= 4 is 97.3 Å². The molecule has 3 aromatic rings. The first-order valence-electron chi connectivity index (χ1n) is 30.4. The SMILES string of the molecule is Cc1c(N)nc([C@H](CC(N)=O)NC[C@H](N)C(N)=O)nc1C(=O)N[C@H](C(=O)N[C@H](C)[C@@H](O)[C@H](C)C(=O)N[C@H](C(=O)NCCC1=NC(c2nc(C(=O)NCCC[S+](C)C)cs2)=C1)[C@@H](C)O)[C@@H](O[C@@H]1O[C@@H](CO)[C@@H](O)[C@H](O)[C@@H]1O[C@H]1O[C@H](CO)[C@@H](O)[C@H](OC(N)=O)[C@@H]1O)c1cnc[nH]1.O=S(=O)([O-])O. The van der Waals surface area contributed by atoms with E-state index in [1.165, 1.54) is 39.0 Å². The highest BCUT2D eigenvalue weighted by atomic mass is 32.3. The number of aliphatic imine (C=N–C) groups is 1. The van der Waals surface area contributed by atoms with Gasteiger partial charge in [0.1, 0.15) is 100 Å². The number of amides is 8. The van der Waals surface area contributed by atoms with Crippen molar-refractivity contribution in [2.45, 2.75) is 157 Å². The molecule has 26 N–H and O–H groups in total. The molecule has 6 rings (SSSR count). The van der Waals surface area contributed by atoms with Crippen LogP contribution >= 0.6 is 11.3 Å². The Morgan fingerprint density at radius 2 is 1.47 bits per heavy atom. The average molecular weight is 1480 g/mol. The molecular weight excluding hydrogens is 1390 g/mol. The maximum absolute atomic E-state index is 15.2. The molecule has 0 aromatic carbocycles. The molecule has 45 heteroatoms. The minimum absolute atomic E-state index is 0.00460. The summed E-state index contributed by atoms with van der Waals surface area (Å²) in [5, 5.41) is 106. The molecular formula is C55H85N17O25S3. The number of thiazole rings is 1. The van der Waals surface area contributed by atoms with Crippen LogP contribution < -0.4 is 60.6 Å². The summed E-state index contributed by atoms with van der Waals surface area (Å²) in [4.78, 5) is 130. The number of ether oxygens (including phenoxy) is 5. The van der Waals surface area contributed by atoms with Crippen molar-refractivity contribution in [1.29, 1.82) is 0 Å². The van der Waals surface area contributed by atoms with E-state index >= 15 is 4.79 Å². The second kappa shape index (κ2) is 37.9. The van der Waals surface area contributed by atoms with Gasteiger partial charge in [-0.05, 0) is 37.7 Å². The van der Waals surface area contributed by atoms with Gasteiger partial charge in [0.15, 0.2) is 18.7 Å². The van der Waals surface area contributed by atoms with Crippen LogP contribution in [0.25, 0.3) is 5.70 Å². The molecule has 2 saturated heterocycles. The summed E-state index contributed by atoms with van der Waals surface area (Å²) in [6, 6.07) is -7.83. The van der Waals surface area contributed by atoms with E-state index in [0.29, 0.717) is 23.0 Å². The number of carbonyl (C=O) groups excluding carboxylic acids is 8. The number of nitrogens with one attached hydrogen (secondary N) is 7. The quantitative estimate of drug-likeness (QED) is 0.0113. The highest BCUT2D eigenvalue weighted by Crippen LogP contribution is 2.35. The zero-order chi connectivity index (χ0) is 74.8. The van der Waals surface area contributed by atoms with Crippen molar-refractivity contribution in [3.05, 3.63) is 57.5 Å². The van der Waals surface area contributed by atoms with Gasteiger partial charge in [0.25, 0.3) is 11.8 Å². The Kier molecular flexibility index (Phi) is 31.4. The second-order valence-electron chi connectivity index (χ2n) is 23.3. The number of anilines is 1. The lowest BCUT2D eigenvalue weighted by atomic mass is 9.96. The van der Waals surface area contributed by atoms with Gasteiger partial charge in [-0.2, -0.15) is 0 Å². The van der Waals surface area contributed by atoms with E-state index in [-0.39, 0.29) is 64.9 Å². The third-order valence-corrected chi connectivity index (χ3v) is 17.3. The van der Waals surface area contributed by atoms with E-state index in [4.69, 9.17) is 69.9 Å². The summed E-state index contributed by atoms with van der Waals surface area (Å²) in [7, 11) is -4.66. The molecule has 0 spiro atoms. The Morgan fingerprint density at radius 3 is 2.05 bits per heavy atom. The first-order chi connectivity index (χ1) is 46.8. The van der Waals surface area contributed by atoms with Crippen molar-refractivity contribution in [3.63, 3.8) is 0 Å². The zero-order valence-corrected chi connectivity index (χ0v) is 57.0. The van der Waals surface area contributed by atoms with Crippen LogP contribution in [0.15, 0.2) is 29.0 Å². The molecule has 42 nitrogen and oxygen atoms in total. The van der Waals surface area contributed by atoms with Gasteiger partial charge in [0.05, 0.1) is 80.2 Å². The van der Waals surface area contributed by atoms with Crippen LogP contribution in [-0.2, 0) is 69.0 Å². The van der Waals surface area contributed by atoms with Gasteiger partial charge in [-0.15, -0.1) is 11.3 Å². The maximum atomic E-state index is 15.2. The molecule has 0 aliphatic carbocycles. The Morgan fingerprint density at radius 1 is 0.830 bits per heavy atom. The Bertz CT molecular complexity index is 3480. The van der Waals surface area contributed by atoms with E-state index in [2.05, 4.69) is 74.3 Å². The third kappa shape index (κ3) is 23.7. The second-order valence-corrected chi connectivity index (χ2v) is 27.3. The van der Waals surface area contributed by atoms with Crippen molar-refractivity contribution in [3.8, 4) is 0 Å². The summed E-state index contributed by atoms with van der Waals surface area (Å²) in [5.41, 5.74) is 28.7. The molecule has 8 amide bonds. The van der Waals surface area contributed by atoms with Gasteiger partial charge in [0, 0.05) is 55.6 Å². The van der Waals surface area contributed by atoms with E-state index in [1.54, 1.807) is 11.5 Å². The van der Waals surface area contributed by atoms with Crippen LogP contribution in [0, 0.1) is 12.8 Å². The van der Waals surface area contributed by atoms with Crippen molar-refractivity contribution in [1.82, 2.24) is 56.8 Å². The molecule has 3 aliphatic rings. The normalized spacial score (nSPS) is 24.1. The number of hydrogen-bond acceptors (Lipinski definition) is 33. The van der Waals surface area contributed by atoms with E-state index in [9.17, 15) is 74.4 Å². The van der Waals surface area contributed by atoms with Gasteiger partial charge < -0.3 is 135 Å². The van der Waals surface area contributed by atoms with Gasteiger partial charge in [0.2, 0.25) is 39.9 Å². The Labute approximate surface area is 577 Å². The maximum Gasteiger partial charge on any atom is 0.404 e. The lowest BCUT2D eigenvalue weighted by molar-refractivity contribution is -0.372. The number of aromatic nitrogens is 5. The fourth-order valence-corrected chi connectivity index (χ4v) is 11.3. The van der Waals surface area contributed by atoms with Crippen LogP contribution in [0.1, 0.15) is 95.2 Å². The number of carbonyl (C=O) groups is 8. The monoisotopic (exact) mass is 1480 g/mol. The number of rotatable bonds is 35. The van der Waals surface area contributed by atoms with Crippen LogP contribution in [0.2, 0.25) is 0 Å². The number of imidazole rings is 1. The number of aromatic amines is 1. The number of allylic oxidation sites excluding steroid dienone is 1. The summed E-state index contributed by atoms with van der Waals surface area (Å²) in [5.74, 6) is -7.67. The smallest absolute Gasteiger partial charge is 0.404 e. The summed E-state index contributed by atoms with van der Waals surface area (Å²) in [6.45, 7) is 3.19. The number of aliphatic hydroxyl groups is 8. The van der Waals surface area contributed by atoms with E-state index in [0.717, 1.165) is 24.7 Å². The lowest BCUT2D eigenvalue weighted by Crippen LogP contribution is -2.65. The predicted octanol–water partition coefficient (Wildman–Crippen LogP) is -9.18. The molecule has 3 aliphatic heterocycles. The number of nitrogens with zero attached hydrogens (tertiary/aromatic N) is 5. The highest BCUT2D eigenvalue weighted by Gasteiger charge is 2.54. The number of nitrogens with two attached hydrogens (primary N) is 5. The number of primary amides is 3. The van der Waals surface area contributed by atoms with Gasteiger partial charge in [-0.1, -0.05) is 6.92 Å². The molecule has 0 bridgehead atoms. The molecule has 558 valence electrons. The zero-order valence-electron chi connectivity index (χ0n) is 54.5. The molecule has 100 heavy (non-hydrogen) atoms. The molecule has 2 fully saturated rings. The topological polar surface area (TPSA) is 704 Å². The Balaban J connectivity index is 0.00000347. The van der Waals surface area contributed by atoms with Crippen molar-refractivity contribution in [2.24, 2.45) is 33.8 Å². The van der Waals surface area contributed by atoms with Crippen LogP contribution in [0.3, 0.4) is 0 Å². The number of H-pyrrole nitrogens is 1. The third-order valence-electron chi connectivity index (χ3n) is 15.3. The standard InChI is InChI=1S/C55H83N17O21S2.H2O4S/c1-20-33(69-46(72-44(20)58)26(13-32(57)76)64-14-25(56)45(59)82)50(86)71-35(41(28-15-61-19-65-28)91-54-43(39(80)37(78)30(16-73)90-54)92-53-40(81)42(93-55(60)88)38(79)31(17-74)89-53)51(87)66-22(3)36(77)21(2)47(83)70-34(23(4)75)49(85)63-10-8-24-12-27(67-24)52-68-29(18-94-52)48(84)62-9-7-11-95(5)6;1-5(2,3)4/h12,15,18-19,21-23,25-26,30-31,34-43,53-54,64,73-75,77-81H,7-11,13-14,16-17,56H2,1-6H3,(H13-,57,58,59,60,61,62,63,65,66,69,70,71,72,76,82,83,84,85,86,87,88);(H2,1,2,3,4)/t21-,22+,23+,25-,26-,30-,31+,34-,35-,36-,37+,38+,39-,40-,41-,42-,43-,53+,54-;/m0./s1. The van der Waals surface area contributed by atoms with Crippen molar-refractivity contribution < 1.29 is 120 Å². The minimum atomic E-state index is -4.92. The molecule has 6 heterocycles. The minimum Gasteiger partial charge on any atom is -0.726 e. The van der Waals surface area contributed by atoms with Crippen LogP contribution in [0.4, 0.5) is 10.6 Å². The summed E-state index contributed by atoms with van der Waals surface area (Å²) in [6.07, 6.45) is -18.2. The fourth-order valence-electron chi connectivity index (χ4n) is 9.84.